The molecule has 0 aliphatic rings. The van der Waals surface area contributed by atoms with Crippen LogP contribution in [0.15, 0.2) is 39.8 Å². The molecule has 25 heavy (non-hydrogen) atoms. The van der Waals surface area contributed by atoms with Gasteiger partial charge in [-0.1, -0.05) is 29.8 Å². The second-order valence-electron chi connectivity index (χ2n) is 5.99. The van der Waals surface area contributed by atoms with Gasteiger partial charge in [-0.25, -0.2) is 8.42 Å². The highest BCUT2D eigenvalue weighted by molar-refractivity contribution is 7.89. The molecule has 0 fully saturated rings. The maximum atomic E-state index is 12.9. The maximum absolute atomic E-state index is 12.9. The monoisotopic (exact) mass is 365 g/mol. The van der Waals surface area contributed by atoms with Gasteiger partial charge in [0.1, 0.15) is 5.76 Å². The third-order valence-corrected chi connectivity index (χ3v) is 5.88. The van der Waals surface area contributed by atoms with Crippen LogP contribution in [0.3, 0.4) is 0 Å². The lowest BCUT2D eigenvalue weighted by molar-refractivity contribution is -0.116. The molecule has 7 nitrogen and oxygen atoms in total. The van der Waals surface area contributed by atoms with Crippen molar-refractivity contribution in [1.29, 1.82) is 0 Å². The Labute approximate surface area is 148 Å². The topological polar surface area (TPSA) is 92.5 Å². The van der Waals surface area contributed by atoms with Crippen LogP contribution in [0.5, 0.6) is 0 Å². The second kappa shape index (κ2) is 7.79. The van der Waals surface area contributed by atoms with E-state index in [1.54, 1.807) is 44.2 Å². The number of nitrogens with zero attached hydrogens (tertiary/aromatic N) is 2. The maximum Gasteiger partial charge on any atom is 0.243 e. The van der Waals surface area contributed by atoms with E-state index in [4.69, 9.17) is 4.52 Å². The van der Waals surface area contributed by atoms with Crippen molar-refractivity contribution in [3.05, 3.63) is 41.7 Å². The number of carbonyl (C=O) groups is 1. The minimum atomic E-state index is -3.78. The van der Waals surface area contributed by atoms with Crippen molar-refractivity contribution < 1.29 is 17.7 Å². The fourth-order valence-corrected chi connectivity index (χ4v) is 3.94. The quantitative estimate of drug-likeness (QED) is 0.814. The van der Waals surface area contributed by atoms with E-state index in [1.165, 1.54) is 4.31 Å². The van der Waals surface area contributed by atoms with Crippen LogP contribution in [0.1, 0.15) is 31.6 Å². The summed E-state index contributed by atoms with van der Waals surface area (Å²) in [5, 5.41) is 6.24. The van der Waals surface area contributed by atoms with Gasteiger partial charge in [0.15, 0.2) is 5.82 Å². The Bertz CT molecular complexity index is 828. The molecule has 0 aliphatic carbocycles. The summed E-state index contributed by atoms with van der Waals surface area (Å²) < 4.78 is 32.0. The normalized spacial score (nSPS) is 13.0. The van der Waals surface area contributed by atoms with Gasteiger partial charge in [0.25, 0.3) is 0 Å². The summed E-state index contributed by atoms with van der Waals surface area (Å²) in [6.07, 6.45) is 0.585. The molecule has 2 aromatic rings. The van der Waals surface area contributed by atoms with Crippen molar-refractivity contribution in [3.63, 3.8) is 0 Å². The fourth-order valence-electron chi connectivity index (χ4n) is 2.28. The highest BCUT2D eigenvalue weighted by Gasteiger charge is 2.30. The number of benzene rings is 1. The summed E-state index contributed by atoms with van der Waals surface area (Å²) >= 11 is 0. The van der Waals surface area contributed by atoms with Gasteiger partial charge >= 0.3 is 0 Å². The molecule has 1 atom stereocenters. The largest absolute Gasteiger partial charge is 0.360 e. The van der Waals surface area contributed by atoms with Crippen LogP contribution >= 0.6 is 0 Å². The van der Waals surface area contributed by atoms with Crippen molar-refractivity contribution in [1.82, 2.24) is 9.46 Å². The number of anilines is 1. The van der Waals surface area contributed by atoms with Gasteiger partial charge in [-0.15, -0.1) is 0 Å². The van der Waals surface area contributed by atoms with Gasteiger partial charge < -0.3 is 9.84 Å². The number of hydrogen-bond donors (Lipinski definition) is 1. The average Bonchev–Trinajstić information content (AvgIpc) is 2.97. The minimum Gasteiger partial charge on any atom is -0.360 e. The number of aromatic nitrogens is 1. The molecular weight excluding hydrogens is 342 g/mol. The summed E-state index contributed by atoms with van der Waals surface area (Å²) in [6, 6.07) is 7.83. The lowest BCUT2D eigenvalue weighted by Gasteiger charge is -2.27. The van der Waals surface area contributed by atoms with Crippen molar-refractivity contribution in [3.8, 4) is 0 Å². The van der Waals surface area contributed by atoms with Crippen LogP contribution in [0, 0.1) is 13.8 Å². The van der Waals surface area contributed by atoms with E-state index in [2.05, 4.69) is 10.5 Å². The highest BCUT2D eigenvalue weighted by Crippen LogP contribution is 2.20. The van der Waals surface area contributed by atoms with Gasteiger partial charge in [0.2, 0.25) is 15.9 Å². The number of amides is 1. The van der Waals surface area contributed by atoms with E-state index in [9.17, 15) is 13.2 Å². The van der Waals surface area contributed by atoms with Gasteiger partial charge in [0.05, 0.1) is 11.4 Å². The van der Waals surface area contributed by atoms with E-state index >= 15 is 0 Å². The molecule has 8 heteroatoms. The smallest absolute Gasteiger partial charge is 0.243 e. The molecule has 0 spiro atoms. The third-order valence-electron chi connectivity index (χ3n) is 3.90. The van der Waals surface area contributed by atoms with Crippen LogP contribution in [0.2, 0.25) is 0 Å². The molecule has 0 saturated carbocycles. The molecule has 1 heterocycles. The number of nitrogens with one attached hydrogen (secondary N) is 1. The Kier molecular flexibility index (Phi) is 5.97. The first kappa shape index (κ1) is 19.1. The molecule has 136 valence electrons. The predicted octanol–water partition coefficient (Wildman–Crippen LogP) is 2.72. The first-order valence-electron chi connectivity index (χ1n) is 8.05. The minimum absolute atomic E-state index is 0.170. The summed E-state index contributed by atoms with van der Waals surface area (Å²) in [7, 11) is -3.78. The first-order chi connectivity index (χ1) is 11.7. The molecule has 0 radical (unpaired) electrons. The number of carbonyl (C=O) groups excluding carboxylic acids is 1. The predicted molar refractivity (Wildman–Crippen MR) is 94.7 cm³/mol. The summed E-state index contributed by atoms with van der Waals surface area (Å²) in [6.45, 7) is 6.95. The van der Waals surface area contributed by atoms with Crippen molar-refractivity contribution in [2.24, 2.45) is 0 Å². The van der Waals surface area contributed by atoms with Gasteiger partial charge in [0, 0.05) is 12.1 Å². The highest BCUT2D eigenvalue weighted by atomic mass is 32.2. The van der Waals surface area contributed by atoms with Crippen LogP contribution in [0.25, 0.3) is 0 Å². The molecule has 1 N–H and O–H groups in total. The molecule has 2 rings (SSSR count). The number of hydrogen-bond acceptors (Lipinski definition) is 5. The van der Waals surface area contributed by atoms with E-state index < -0.39 is 15.9 Å². The zero-order chi connectivity index (χ0) is 18.6. The molecule has 1 aromatic carbocycles. The number of rotatable bonds is 7. The summed E-state index contributed by atoms with van der Waals surface area (Å²) in [5.74, 6) is 0.352. The van der Waals surface area contributed by atoms with Gasteiger partial charge in [-0.05, 0) is 39.3 Å². The lowest BCUT2D eigenvalue weighted by atomic mass is 10.2. The Morgan fingerprint density at radius 3 is 2.44 bits per heavy atom. The van der Waals surface area contributed by atoms with Crippen LogP contribution in [0.4, 0.5) is 5.82 Å². The van der Waals surface area contributed by atoms with Gasteiger partial charge in [-0.3, -0.25) is 4.79 Å². The van der Waals surface area contributed by atoms with Crippen LogP contribution in [-0.2, 0) is 14.8 Å². The van der Waals surface area contributed by atoms with Crippen LogP contribution in [-0.4, -0.2) is 36.4 Å². The van der Waals surface area contributed by atoms with Crippen molar-refractivity contribution in [2.75, 3.05) is 11.9 Å². The molecular formula is C17H23N3O4S. The molecule has 1 amide bonds. The van der Waals surface area contributed by atoms with E-state index in [0.29, 0.717) is 12.2 Å². The van der Waals surface area contributed by atoms with E-state index in [0.717, 1.165) is 5.56 Å². The van der Waals surface area contributed by atoms with Gasteiger partial charge in [-0.2, -0.15) is 4.31 Å². The number of sulfonamides is 1. The van der Waals surface area contributed by atoms with E-state index in [1.807, 2.05) is 13.8 Å². The second-order valence-corrected chi connectivity index (χ2v) is 7.88. The Morgan fingerprint density at radius 1 is 1.28 bits per heavy atom. The third kappa shape index (κ3) is 4.67. The standard InChI is InChI=1S/C17H23N3O4S/c1-5-13(3)20(11-17(21)18-16-10-14(4)24-19-16)25(22,23)15-8-6-12(2)7-9-15/h6-10,13H,5,11H2,1-4H3,(H,18,19,21). The zero-order valence-corrected chi connectivity index (χ0v) is 15.6. The summed E-state index contributed by atoms with van der Waals surface area (Å²) in [5.41, 5.74) is 0.966. The average molecular weight is 365 g/mol. The lowest BCUT2D eigenvalue weighted by Crippen LogP contribution is -2.43. The van der Waals surface area contributed by atoms with Crippen molar-refractivity contribution >= 4 is 21.7 Å². The Morgan fingerprint density at radius 2 is 1.92 bits per heavy atom. The molecule has 1 unspecified atom stereocenters. The van der Waals surface area contributed by atoms with E-state index in [-0.39, 0.29) is 23.3 Å². The molecule has 1 aromatic heterocycles. The van der Waals surface area contributed by atoms with Crippen LogP contribution < -0.4 is 5.32 Å². The first-order valence-corrected chi connectivity index (χ1v) is 9.49. The summed E-state index contributed by atoms with van der Waals surface area (Å²) in [4.78, 5) is 12.5. The Hall–Kier alpha value is -2.19. The molecule has 0 saturated heterocycles. The fraction of sp³-hybridized carbons (Fsp3) is 0.412. The van der Waals surface area contributed by atoms with Crippen molar-refractivity contribution in [2.45, 2.75) is 45.1 Å². The molecule has 0 aliphatic heterocycles. The molecule has 0 bridgehead atoms. The Balaban J connectivity index is 2.23. The zero-order valence-electron chi connectivity index (χ0n) is 14.8. The number of aryl methyl sites for hydroxylation is 2. The SMILES string of the molecule is CCC(C)N(CC(=O)Nc1cc(C)on1)S(=O)(=O)c1ccc(C)cc1.